The number of sulfonamides is 1. The third kappa shape index (κ3) is 5.60. The Morgan fingerprint density at radius 2 is 1.76 bits per heavy atom. The van der Waals surface area contributed by atoms with E-state index in [-0.39, 0.29) is 18.0 Å². The van der Waals surface area contributed by atoms with Gasteiger partial charge >= 0.3 is 0 Å². The molecule has 0 radical (unpaired) electrons. The molecule has 0 aliphatic carbocycles. The SMILES string of the molecule is Cc1nccc(NC(=O)CN(Cc2ccccc2)S(=O)(=O)c2ccc(Cl)cc2)n1. The number of anilines is 1. The van der Waals surface area contributed by atoms with Crippen LogP contribution in [0.15, 0.2) is 71.8 Å². The lowest BCUT2D eigenvalue weighted by atomic mass is 10.2. The molecule has 1 heterocycles. The van der Waals surface area contributed by atoms with Crippen LogP contribution < -0.4 is 5.32 Å². The summed E-state index contributed by atoms with van der Waals surface area (Å²) in [5.74, 6) is 0.306. The topological polar surface area (TPSA) is 92.3 Å². The van der Waals surface area contributed by atoms with Gasteiger partial charge in [0.05, 0.1) is 11.4 Å². The zero-order valence-electron chi connectivity index (χ0n) is 15.6. The summed E-state index contributed by atoms with van der Waals surface area (Å²) in [4.78, 5) is 20.7. The number of nitrogens with one attached hydrogen (secondary N) is 1. The fourth-order valence-electron chi connectivity index (χ4n) is 2.64. The van der Waals surface area contributed by atoms with Crippen LogP contribution in [0, 0.1) is 6.92 Å². The van der Waals surface area contributed by atoms with E-state index in [2.05, 4.69) is 15.3 Å². The molecule has 3 rings (SSSR count). The van der Waals surface area contributed by atoms with E-state index in [1.54, 1.807) is 25.1 Å². The van der Waals surface area contributed by atoms with Crippen molar-refractivity contribution in [1.82, 2.24) is 14.3 Å². The Kier molecular flexibility index (Phi) is 6.58. The number of aromatic nitrogens is 2. The zero-order chi connectivity index (χ0) is 20.9. The summed E-state index contributed by atoms with van der Waals surface area (Å²) in [6.45, 7) is 1.37. The lowest BCUT2D eigenvalue weighted by Gasteiger charge is -2.22. The van der Waals surface area contributed by atoms with Crippen LogP contribution in [0.25, 0.3) is 0 Å². The van der Waals surface area contributed by atoms with Gasteiger partial charge in [-0.1, -0.05) is 41.9 Å². The number of carbonyl (C=O) groups is 1. The molecule has 2 aromatic carbocycles. The van der Waals surface area contributed by atoms with Crippen molar-refractivity contribution in [2.45, 2.75) is 18.4 Å². The van der Waals surface area contributed by atoms with Crippen molar-refractivity contribution in [3.63, 3.8) is 0 Å². The second-order valence-corrected chi connectivity index (χ2v) is 8.62. The fraction of sp³-hybridized carbons (Fsp3) is 0.150. The highest BCUT2D eigenvalue weighted by atomic mass is 35.5. The second-order valence-electron chi connectivity index (χ2n) is 6.25. The monoisotopic (exact) mass is 430 g/mol. The maximum absolute atomic E-state index is 13.2. The predicted octanol–water partition coefficient (Wildman–Crippen LogP) is 3.27. The molecule has 1 N–H and O–H groups in total. The molecule has 0 aliphatic heterocycles. The molecule has 0 bridgehead atoms. The van der Waals surface area contributed by atoms with Gasteiger partial charge < -0.3 is 5.32 Å². The minimum atomic E-state index is -3.93. The average Bonchev–Trinajstić information content (AvgIpc) is 2.68. The lowest BCUT2D eigenvalue weighted by Crippen LogP contribution is -2.37. The summed E-state index contributed by atoms with van der Waals surface area (Å²) in [6.07, 6.45) is 1.52. The van der Waals surface area contributed by atoms with Crippen molar-refractivity contribution in [1.29, 1.82) is 0 Å². The maximum atomic E-state index is 13.2. The molecule has 29 heavy (non-hydrogen) atoms. The number of halogens is 1. The van der Waals surface area contributed by atoms with Crippen molar-refractivity contribution < 1.29 is 13.2 Å². The molecule has 7 nitrogen and oxygen atoms in total. The van der Waals surface area contributed by atoms with Gasteiger partial charge in [0, 0.05) is 17.8 Å². The van der Waals surface area contributed by atoms with Crippen LogP contribution in [0.4, 0.5) is 5.82 Å². The van der Waals surface area contributed by atoms with Gasteiger partial charge in [-0.25, -0.2) is 18.4 Å². The first-order valence-corrected chi connectivity index (χ1v) is 10.6. The van der Waals surface area contributed by atoms with Crippen molar-refractivity contribution in [2.24, 2.45) is 0 Å². The standard InChI is InChI=1S/C20H19ClN4O3S/c1-15-22-12-11-19(23-15)24-20(26)14-25(13-16-5-3-2-4-6-16)29(27,28)18-9-7-17(21)8-10-18/h2-12H,13-14H2,1H3,(H,22,23,24,26). The van der Waals surface area contributed by atoms with Crippen molar-refractivity contribution in [3.8, 4) is 0 Å². The van der Waals surface area contributed by atoms with Gasteiger partial charge in [0.25, 0.3) is 0 Å². The first-order valence-electron chi connectivity index (χ1n) is 8.74. The Labute approximate surface area is 174 Å². The molecule has 0 saturated heterocycles. The Morgan fingerprint density at radius 3 is 2.41 bits per heavy atom. The summed E-state index contributed by atoms with van der Waals surface area (Å²) < 4.78 is 27.5. The first kappa shape index (κ1) is 20.9. The van der Waals surface area contributed by atoms with E-state index in [0.717, 1.165) is 9.87 Å². The molecule has 0 aliphatic rings. The zero-order valence-corrected chi connectivity index (χ0v) is 17.2. The molecule has 9 heteroatoms. The van der Waals surface area contributed by atoms with Gasteiger partial charge in [-0.2, -0.15) is 4.31 Å². The molecule has 0 unspecified atom stereocenters. The van der Waals surface area contributed by atoms with E-state index in [0.29, 0.717) is 16.7 Å². The van der Waals surface area contributed by atoms with Crippen LogP contribution in [0.3, 0.4) is 0 Å². The number of nitrogens with zero attached hydrogens (tertiary/aromatic N) is 3. The lowest BCUT2D eigenvalue weighted by molar-refractivity contribution is -0.116. The minimum Gasteiger partial charge on any atom is -0.309 e. The number of hydrogen-bond donors (Lipinski definition) is 1. The van der Waals surface area contributed by atoms with Crippen LogP contribution in [0.1, 0.15) is 11.4 Å². The van der Waals surface area contributed by atoms with Gasteiger partial charge in [0.15, 0.2) is 0 Å². The van der Waals surface area contributed by atoms with Gasteiger partial charge in [-0.15, -0.1) is 0 Å². The highest BCUT2D eigenvalue weighted by Crippen LogP contribution is 2.20. The summed E-state index contributed by atoms with van der Waals surface area (Å²) in [5.41, 5.74) is 0.760. The molecule has 0 fully saturated rings. The smallest absolute Gasteiger partial charge is 0.243 e. The minimum absolute atomic E-state index is 0.0437. The maximum Gasteiger partial charge on any atom is 0.243 e. The van der Waals surface area contributed by atoms with Gasteiger partial charge in [-0.05, 0) is 42.8 Å². The van der Waals surface area contributed by atoms with Crippen LogP contribution in [0.2, 0.25) is 5.02 Å². The Bertz CT molecular complexity index is 1090. The van der Waals surface area contributed by atoms with Crippen LogP contribution in [-0.4, -0.2) is 35.1 Å². The average molecular weight is 431 g/mol. The molecule has 0 spiro atoms. The molecule has 0 saturated carbocycles. The van der Waals surface area contributed by atoms with Crippen LogP contribution >= 0.6 is 11.6 Å². The fourth-order valence-corrected chi connectivity index (χ4v) is 4.15. The predicted molar refractivity (Wildman–Crippen MR) is 111 cm³/mol. The van der Waals surface area contributed by atoms with E-state index in [1.165, 1.54) is 30.5 Å². The third-order valence-electron chi connectivity index (χ3n) is 4.02. The normalized spacial score (nSPS) is 11.4. The summed E-state index contributed by atoms with van der Waals surface area (Å²) in [5, 5.41) is 3.04. The van der Waals surface area contributed by atoms with E-state index < -0.39 is 15.9 Å². The highest BCUT2D eigenvalue weighted by molar-refractivity contribution is 7.89. The number of aryl methyl sites for hydroxylation is 1. The van der Waals surface area contributed by atoms with Gasteiger partial charge in [0.1, 0.15) is 11.6 Å². The summed E-state index contributed by atoms with van der Waals surface area (Å²) in [6, 6.07) is 16.4. The van der Waals surface area contributed by atoms with Crippen molar-refractivity contribution in [2.75, 3.05) is 11.9 Å². The number of rotatable bonds is 7. The van der Waals surface area contributed by atoms with E-state index in [9.17, 15) is 13.2 Å². The molecule has 1 aromatic heterocycles. The van der Waals surface area contributed by atoms with E-state index in [1.807, 2.05) is 18.2 Å². The third-order valence-corrected chi connectivity index (χ3v) is 6.07. The Hall–Kier alpha value is -2.81. The largest absolute Gasteiger partial charge is 0.309 e. The quantitative estimate of drug-likeness (QED) is 0.621. The molecular weight excluding hydrogens is 412 g/mol. The van der Waals surface area contributed by atoms with Gasteiger partial charge in [-0.3, -0.25) is 4.79 Å². The summed E-state index contributed by atoms with van der Waals surface area (Å²) in [7, 11) is -3.93. The van der Waals surface area contributed by atoms with Crippen molar-refractivity contribution in [3.05, 3.63) is 83.3 Å². The molecule has 150 valence electrons. The van der Waals surface area contributed by atoms with Crippen molar-refractivity contribution >= 4 is 33.3 Å². The Balaban J connectivity index is 1.86. The number of carbonyl (C=O) groups excluding carboxylic acids is 1. The van der Waals surface area contributed by atoms with Crippen LogP contribution in [0.5, 0.6) is 0 Å². The molecule has 0 atom stereocenters. The van der Waals surface area contributed by atoms with Crippen LogP contribution in [-0.2, 0) is 21.4 Å². The molecule has 1 amide bonds. The number of hydrogen-bond acceptors (Lipinski definition) is 5. The van der Waals surface area contributed by atoms with E-state index >= 15 is 0 Å². The molecule has 3 aromatic rings. The second kappa shape index (κ2) is 9.13. The van der Waals surface area contributed by atoms with E-state index in [4.69, 9.17) is 11.6 Å². The summed E-state index contributed by atoms with van der Waals surface area (Å²) >= 11 is 5.87. The highest BCUT2D eigenvalue weighted by Gasteiger charge is 2.27. The number of benzene rings is 2. The van der Waals surface area contributed by atoms with Gasteiger partial charge in [0.2, 0.25) is 15.9 Å². The Morgan fingerprint density at radius 1 is 1.07 bits per heavy atom. The number of amides is 1. The molecular formula is C20H19ClN4O3S. The first-order chi connectivity index (χ1) is 13.8.